The quantitative estimate of drug-likeness (QED) is 0.681. The Balaban J connectivity index is 2.04. The number of carbonyl (C=O) groups excluding carboxylic acids is 2. The van der Waals surface area contributed by atoms with Crippen molar-refractivity contribution >= 4 is 27.5 Å². The second-order valence-electron chi connectivity index (χ2n) is 6.39. The molecule has 1 N–H and O–H groups in total. The molecule has 1 fully saturated rings. The van der Waals surface area contributed by atoms with Gasteiger partial charge in [0.2, 0.25) is 21.8 Å². The van der Waals surface area contributed by atoms with Gasteiger partial charge < -0.3 is 0 Å². The zero-order valence-corrected chi connectivity index (χ0v) is 15.6. The van der Waals surface area contributed by atoms with Gasteiger partial charge in [0.1, 0.15) is 0 Å². The lowest BCUT2D eigenvalue weighted by atomic mass is 10.00. The van der Waals surface area contributed by atoms with Gasteiger partial charge >= 0.3 is 0 Å². The lowest BCUT2D eigenvalue weighted by Crippen LogP contribution is -2.30. The third-order valence-electron chi connectivity index (χ3n) is 4.56. The Kier molecular flexibility index (Phi) is 6.72. The predicted molar refractivity (Wildman–Crippen MR) is 96.7 cm³/mol. The van der Waals surface area contributed by atoms with E-state index < -0.39 is 10.0 Å². The molecule has 1 aromatic carbocycles. The summed E-state index contributed by atoms with van der Waals surface area (Å²) in [4.78, 5) is 24.7. The van der Waals surface area contributed by atoms with Gasteiger partial charge in [-0.3, -0.25) is 14.5 Å². The van der Waals surface area contributed by atoms with Gasteiger partial charge in [-0.1, -0.05) is 33.1 Å². The van der Waals surface area contributed by atoms with Crippen LogP contribution in [0.1, 0.15) is 52.4 Å². The maximum Gasteiger partial charge on any atom is 0.240 e. The third-order valence-corrected chi connectivity index (χ3v) is 6.00. The molecule has 25 heavy (non-hydrogen) atoms. The number of hydrogen-bond donors (Lipinski definition) is 1. The molecule has 7 heteroatoms. The van der Waals surface area contributed by atoms with Gasteiger partial charge in [0, 0.05) is 19.4 Å². The Bertz CT molecular complexity index is 697. The molecule has 1 aromatic rings. The first-order valence-corrected chi connectivity index (χ1v) is 10.3. The highest BCUT2D eigenvalue weighted by molar-refractivity contribution is 7.89. The molecule has 0 aromatic heterocycles. The topological polar surface area (TPSA) is 83.6 Å². The molecule has 6 nitrogen and oxygen atoms in total. The number of hydrogen-bond acceptors (Lipinski definition) is 4. The highest BCUT2D eigenvalue weighted by Gasteiger charge is 2.30. The Hall–Kier alpha value is -1.73. The van der Waals surface area contributed by atoms with Crippen molar-refractivity contribution in [3.63, 3.8) is 0 Å². The minimum absolute atomic E-state index is 0.140. The normalized spacial score (nSPS) is 16.5. The van der Waals surface area contributed by atoms with Crippen molar-refractivity contribution in [1.29, 1.82) is 0 Å². The largest absolute Gasteiger partial charge is 0.274 e. The number of nitrogens with zero attached hydrogens (tertiary/aromatic N) is 1. The van der Waals surface area contributed by atoms with E-state index in [9.17, 15) is 18.0 Å². The summed E-state index contributed by atoms with van der Waals surface area (Å²) in [6, 6.07) is 5.88. The van der Waals surface area contributed by atoms with Crippen LogP contribution >= 0.6 is 0 Å². The van der Waals surface area contributed by atoms with Gasteiger partial charge in [-0.2, -0.15) is 0 Å². The third kappa shape index (κ3) is 4.89. The molecule has 1 atom stereocenters. The number of unbranched alkanes of at least 4 members (excludes halogenated alkanes) is 1. The summed E-state index contributed by atoms with van der Waals surface area (Å²) in [6.45, 7) is 4.60. The first-order chi connectivity index (χ1) is 11.9. The van der Waals surface area contributed by atoms with E-state index in [0.717, 1.165) is 30.6 Å². The maximum absolute atomic E-state index is 12.4. The van der Waals surface area contributed by atoms with Crippen LogP contribution in [-0.4, -0.2) is 26.8 Å². The highest BCUT2D eigenvalue weighted by Crippen LogP contribution is 2.24. The summed E-state index contributed by atoms with van der Waals surface area (Å²) in [6.07, 6.45) is 4.53. The van der Waals surface area contributed by atoms with Crippen LogP contribution in [0.15, 0.2) is 29.2 Å². The van der Waals surface area contributed by atoms with Crippen LogP contribution in [0, 0.1) is 5.92 Å². The summed E-state index contributed by atoms with van der Waals surface area (Å²) in [5.41, 5.74) is 0.417. The average Bonchev–Trinajstić information content (AvgIpc) is 2.94. The van der Waals surface area contributed by atoms with Gasteiger partial charge in [-0.15, -0.1) is 0 Å². The molecule has 1 aliphatic heterocycles. The van der Waals surface area contributed by atoms with Crippen LogP contribution in [0.3, 0.4) is 0 Å². The maximum atomic E-state index is 12.4. The van der Waals surface area contributed by atoms with Crippen LogP contribution in [0.5, 0.6) is 0 Å². The van der Waals surface area contributed by atoms with E-state index in [0.29, 0.717) is 18.2 Å². The molecule has 0 unspecified atom stereocenters. The van der Waals surface area contributed by atoms with Crippen molar-refractivity contribution in [1.82, 2.24) is 4.72 Å². The first-order valence-electron chi connectivity index (χ1n) is 8.84. The number of anilines is 1. The minimum atomic E-state index is -3.60. The monoisotopic (exact) mass is 366 g/mol. The summed E-state index contributed by atoms with van der Waals surface area (Å²) >= 11 is 0. The molecule has 2 rings (SSSR count). The first kappa shape index (κ1) is 19.6. The smallest absolute Gasteiger partial charge is 0.240 e. The van der Waals surface area contributed by atoms with E-state index in [2.05, 4.69) is 18.6 Å². The minimum Gasteiger partial charge on any atom is -0.274 e. The summed E-state index contributed by atoms with van der Waals surface area (Å²) in [5.74, 6) is -0.172. The van der Waals surface area contributed by atoms with Gasteiger partial charge in [-0.25, -0.2) is 13.1 Å². The van der Waals surface area contributed by atoms with Crippen LogP contribution in [0.25, 0.3) is 0 Å². The Labute approximate surface area is 149 Å². The fraction of sp³-hybridized carbons (Fsp3) is 0.556. The van der Waals surface area contributed by atoms with Crippen molar-refractivity contribution < 1.29 is 18.0 Å². The van der Waals surface area contributed by atoms with Crippen molar-refractivity contribution in [3.05, 3.63) is 24.3 Å². The number of nitrogens with one attached hydrogen (secondary N) is 1. The lowest BCUT2D eigenvalue weighted by Gasteiger charge is -2.16. The number of carbonyl (C=O) groups is 2. The van der Waals surface area contributed by atoms with Crippen LogP contribution in [0.4, 0.5) is 5.69 Å². The molecule has 0 spiro atoms. The zero-order valence-electron chi connectivity index (χ0n) is 14.8. The van der Waals surface area contributed by atoms with E-state index in [1.165, 1.54) is 24.3 Å². The van der Waals surface area contributed by atoms with Crippen molar-refractivity contribution in [2.45, 2.75) is 57.3 Å². The molecule has 1 aliphatic rings. The SMILES string of the molecule is CCCC[C@H](CC)CNS(=O)(=O)c1ccc(N2C(=O)CCC2=O)cc1. The molecule has 1 saturated heterocycles. The molecule has 2 amide bonds. The van der Waals surface area contributed by atoms with E-state index >= 15 is 0 Å². The van der Waals surface area contributed by atoms with Gasteiger partial charge in [-0.05, 0) is 36.6 Å². The number of amides is 2. The molecular weight excluding hydrogens is 340 g/mol. The van der Waals surface area contributed by atoms with E-state index in [1.54, 1.807) is 0 Å². The molecule has 0 aliphatic carbocycles. The van der Waals surface area contributed by atoms with Gasteiger partial charge in [0.25, 0.3) is 0 Å². The Morgan fingerprint density at radius 2 is 1.68 bits per heavy atom. The van der Waals surface area contributed by atoms with E-state index in [-0.39, 0.29) is 29.6 Å². The van der Waals surface area contributed by atoms with Gasteiger partial charge in [0.15, 0.2) is 0 Å². The number of imide groups is 1. The van der Waals surface area contributed by atoms with Crippen LogP contribution < -0.4 is 9.62 Å². The fourth-order valence-electron chi connectivity index (χ4n) is 2.89. The van der Waals surface area contributed by atoms with Gasteiger partial charge in [0.05, 0.1) is 10.6 Å². The van der Waals surface area contributed by atoms with Crippen molar-refractivity contribution in [2.75, 3.05) is 11.4 Å². The molecule has 0 saturated carbocycles. The van der Waals surface area contributed by atoms with E-state index in [1.807, 2.05) is 0 Å². The molecule has 1 heterocycles. The standard InChI is InChI=1S/C18H26N2O4S/c1-3-5-6-14(4-2)13-19-25(23,24)16-9-7-15(8-10-16)20-17(21)11-12-18(20)22/h7-10,14,19H,3-6,11-13H2,1-2H3/t14-/m0/s1. The van der Waals surface area contributed by atoms with Crippen molar-refractivity contribution in [3.8, 4) is 0 Å². The average molecular weight is 366 g/mol. The predicted octanol–water partition coefficient (Wildman–Crippen LogP) is 2.83. The van der Waals surface area contributed by atoms with Crippen LogP contribution in [0.2, 0.25) is 0 Å². The summed E-state index contributed by atoms with van der Waals surface area (Å²) in [7, 11) is -3.60. The van der Waals surface area contributed by atoms with Crippen LogP contribution in [-0.2, 0) is 19.6 Å². The number of rotatable bonds is 9. The number of benzene rings is 1. The number of sulfonamides is 1. The zero-order chi connectivity index (χ0) is 18.4. The van der Waals surface area contributed by atoms with Crippen molar-refractivity contribution in [2.24, 2.45) is 5.92 Å². The highest BCUT2D eigenvalue weighted by atomic mass is 32.2. The second-order valence-corrected chi connectivity index (χ2v) is 8.15. The lowest BCUT2D eigenvalue weighted by molar-refractivity contribution is -0.121. The molecule has 138 valence electrons. The summed E-state index contributed by atoms with van der Waals surface area (Å²) < 4.78 is 27.5. The van der Waals surface area contributed by atoms with E-state index in [4.69, 9.17) is 0 Å². The second kappa shape index (κ2) is 8.58. The Morgan fingerprint density at radius 3 is 2.20 bits per heavy atom. The molecule has 0 radical (unpaired) electrons. The molecule has 0 bridgehead atoms. The summed E-state index contributed by atoms with van der Waals surface area (Å²) in [5, 5.41) is 0. The molecular formula is C18H26N2O4S. The fourth-order valence-corrected chi connectivity index (χ4v) is 4.01. The Morgan fingerprint density at radius 1 is 1.08 bits per heavy atom.